The molecule has 0 fully saturated rings. The summed E-state index contributed by atoms with van der Waals surface area (Å²) in [6.45, 7) is 6.08. The van der Waals surface area contributed by atoms with Crippen molar-refractivity contribution in [2.24, 2.45) is 11.5 Å². The number of benzene rings is 2. The van der Waals surface area contributed by atoms with Crippen LogP contribution in [0.25, 0.3) is 0 Å². The molecule has 0 saturated heterocycles. The summed E-state index contributed by atoms with van der Waals surface area (Å²) in [7, 11) is -3.87. The van der Waals surface area contributed by atoms with Crippen LogP contribution in [0.4, 0.5) is 5.69 Å². The monoisotopic (exact) mass is 375 g/mol. The lowest BCUT2D eigenvalue weighted by Crippen LogP contribution is -2.21. The Bertz CT molecular complexity index is 959. The molecule has 0 aromatic heterocycles. The first-order chi connectivity index (χ1) is 11.9. The summed E-state index contributed by atoms with van der Waals surface area (Å²) in [5.41, 5.74) is 11.2. The van der Waals surface area contributed by atoms with Gasteiger partial charge in [-0.25, -0.2) is 8.42 Å². The SMILES string of the molecule is CC(C)(C)c1ccc(S(=O)(=O)Nc2ccc(C(N)=O)c(C(N)=O)c2)cc1. The molecule has 0 saturated carbocycles. The molecule has 0 atom stereocenters. The number of nitrogens with two attached hydrogens (primary N) is 2. The molecule has 0 unspecified atom stereocenters. The van der Waals surface area contributed by atoms with Gasteiger partial charge in [-0.15, -0.1) is 0 Å². The first kappa shape index (κ1) is 19.5. The molecule has 0 aliphatic rings. The van der Waals surface area contributed by atoms with Crippen LogP contribution < -0.4 is 16.2 Å². The third-order valence-corrected chi connectivity index (χ3v) is 5.23. The molecule has 0 radical (unpaired) electrons. The second-order valence-electron chi connectivity index (χ2n) is 6.87. The molecule has 138 valence electrons. The Balaban J connectivity index is 2.36. The molecular weight excluding hydrogens is 354 g/mol. The summed E-state index contributed by atoms with van der Waals surface area (Å²) >= 11 is 0. The van der Waals surface area contributed by atoms with Crippen LogP contribution in [-0.4, -0.2) is 20.2 Å². The summed E-state index contributed by atoms with van der Waals surface area (Å²) in [4.78, 5) is 22.9. The number of amides is 2. The first-order valence-corrected chi connectivity index (χ1v) is 9.27. The Morgan fingerprint density at radius 1 is 0.885 bits per heavy atom. The van der Waals surface area contributed by atoms with Gasteiger partial charge in [-0.1, -0.05) is 32.9 Å². The Morgan fingerprint density at radius 3 is 1.88 bits per heavy atom. The average Bonchev–Trinajstić information content (AvgIpc) is 2.53. The molecule has 0 aliphatic heterocycles. The molecule has 7 nitrogen and oxygen atoms in total. The topological polar surface area (TPSA) is 132 Å². The number of rotatable bonds is 5. The van der Waals surface area contributed by atoms with Crippen molar-refractivity contribution < 1.29 is 18.0 Å². The Morgan fingerprint density at radius 2 is 1.42 bits per heavy atom. The zero-order valence-electron chi connectivity index (χ0n) is 14.7. The fourth-order valence-electron chi connectivity index (χ4n) is 2.37. The smallest absolute Gasteiger partial charge is 0.261 e. The van der Waals surface area contributed by atoms with E-state index in [0.29, 0.717) is 0 Å². The van der Waals surface area contributed by atoms with Crippen molar-refractivity contribution >= 4 is 27.5 Å². The quantitative estimate of drug-likeness (QED) is 0.737. The largest absolute Gasteiger partial charge is 0.366 e. The number of carbonyl (C=O) groups excluding carboxylic acids is 2. The molecule has 0 spiro atoms. The van der Waals surface area contributed by atoms with E-state index in [-0.39, 0.29) is 27.1 Å². The molecule has 2 aromatic rings. The standard InChI is InChI=1S/C18H21N3O4S/c1-18(2,3)11-4-7-13(8-5-11)26(24,25)21-12-6-9-14(16(19)22)15(10-12)17(20)23/h4-10,21H,1-3H3,(H2,19,22)(H2,20,23). The Kier molecular flexibility index (Phi) is 5.09. The van der Waals surface area contributed by atoms with Gasteiger partial charge in [0.15, 0.2) is 0 Å². The van der Waals surface area contributed by atoms with Gasteiger partial charge < -0.3 is 11.5 Å². The van der Waals surface area contributed by atoms with Crippen LogP contribution in [0, 0.1) is 0 Å². The molecule has 0 aliphatic carbocycles. The molecule has 5 N–H and O–H groups in total. The van der Waals surface area contributed by atoms with Crippen LogP contribution in [0.2, 0.25) is 0 Å². The number of hydrogen-bond acceptors (Lipinski definition) is 4. The highest BCUT2D eigenvalue weighted by atomic mass is 32.2. The van der Waals surface area contributed by atoms with Gasteiger partial charge >= 0.3 is 0 Å². The van der Waals surface area contributed by atoms with Gasteiger partial charge in [0.05, 0.1) is 16.0 Å². The van der Waals surface area contributed by atoms with Crippen molar-refractivity contribution in [3.05, 3.63) is 59.2 Å². The van der Waals surface area contributed by atoms with Crippen LogP contribution in [0.1, 0.15) is 47.1 Å². The van der Waals surface area contributed by atoms with E-state index in [0.717, 1.165) is 5.56 Å². The number of hydrogen-bond donors (Lipinski definition) is 3. The second kappa shape index (κ2) is 6.80. The molecule has 0 bridgehead atoms. The van der Waals surface area contributed by atoms with Gasteiger partial charge in [-0.3, -0.25) is 14.3 Å². The summed E-state index contributed by atoms with van der Waals surface area (Å²) in [5, 5.41) is 0. The van der Waals surface area contributed by atoms with Crippen molar-refractivity contribution in [3.63, 3.8) is 0 Å². The predicted molar refractivity (Wildman–Crippen MR) is 99.4 cm³/mol. The minimum Gasteiger partial charge on any atom is -0.366 e. The lowest BCUT2D eigenvalue weighted by atomic mass is 9.87. The molecular formula is C18H21N3O4S. The van der Waals surface area contributed by atoms with E-state index in [4.69, 9.17) is 11.5 Å². The summed E-state index contributed by atoms with van der Waals surface area (Å²) in [5.74, 6) is -1.71. The Labute approximate surface area is 152 Å². The number of carbonyl (C=O) groups is 2. The summed E-state index contributed by atoms with van der Waals surface area (Å²) in [6.07, 6.45) is 0. The maximum atomic E-state index is 12.5. The van der Waals surface area contributed by atoms with Crippen molar-refractivity contribution in [3.8, 4) is 0 Å². The highest BCUT2D eigenvalue weighted by Crippen LogP contribution is 2.25. The van der Waals surface area contributed by atoms with Crippen LogP contribution in [0.3, 0.4) is 0 Å². The molecule has 2 aromatic carbocycles. The van der Waals surface area contributed by atoms with E-state index >= 15 is 0 Å². The van der Waals surface area contributed by atoms with Crippen LogP contribution in [0.5, 0.6) is 0 Å². The fraction of sp³-hybridized carbons (Fsp3) is 0.222. The van der Waals surface area contributed by atoms with E-state index in [2.05, 4.69) is 4.72 Å². The van der Waals surface area contributed by atoms with Gasteiger partial charge in [0.2, 0.25) is 11.8 Å². The first-order valence-electron chi connectivity index (χ1n) is 7.79. The summed E-state index contributed by atoms with van der Waals surface area (Å²) < 4.78 is 27.5. The van der Waals surface area contributed by atoms with E-state index in [1.807, 2.05) is 20.8 Å². The van der Waals surface area contributed by atoms with E-state index in [1.54, 1.807) is 12.1 Å². The van der Waals surface area contributed by atoms with Crippen LogP contribution in [-0.2, 0) is 15.4 Å². The van der Waals surface area contributed by atoms with Gasteiger partial charge in [0.1, 0.15) is 0 Å². The number of nitrogens with one attached hydrogen (secondary N) is 1. The maximum Gasteiger partial charge on any atom is 0.261 e. The van der Waals surface area contributed by atoms with Crippen LogP contribution in [0.15, 0.2) is 47.4 Å². The normalized spacial score (nSPS) is 11.8. The van der Waals surface area contributed by atoms with E-state index < -0.39 is 21.8 Å². The molecule has 0 heterocycles. The van der Waals surface area contributed by atoms with Crippen LogP contribution >= 0.6 is 0 Å². The lowest BCUT2D eigenvalue weighted by molar-refractivity contribution is 0.0967. The van der Waals surface area contributed by atoms with Crippen molar-refractivity contribution in [1.29, 1.82) is 0 Å². The molecule has 2 rings (SSSR count). The third kappa shape index (κ3) is 4.20. The minimum atomic E-state index is -3.87. The average molecular weight is 375 g/mol. The number of primary amides is 2. The predicted octanol–water partition coefficient (Wildman–Crippen LogP) is 1.98. The highest BCUT2D eigenvalue weighted by molar-refractivity contribution is 7.92. The fourth-order valence-corrected chi connectivity index (χ4v) is 3.42. The maximum absolute atomic E-state index is 12.5. The minimum absolute atomic E-state index is 0.0741. The van der Waals surface area contributed by atoms with Crippen molar-refractivity contribution in [2.75, 3.05) is 4.72 Å². The highest BCUT2D eigenvalue weighted by Gasteiger charge is 2.19. The molecule has 8 heteroatoms. The Hall–Kier alpha value is -2.87. The zero-order valence-corrected chi connectivity index (χ0v) is 15.6. The van der Waals surface area contributed by atoms with Crippen molar-refractivity contribution in [1.82, 2.24) is 0 Å². The second-order valence-corrected chi connectivity index (χ2v) is 8.55. The van der Waals surface area contributed by atoms with Crippen molar-refractivity contribution in [2.45, 2.75) is 31.1 Å². The zero-order chi connectivity index (χ0) is 19.7. The lowest BCUT2D eigenvalue weighted by Gasteiger charge is -2.19. The number of anilines is 1. The molecule has 26 heavy (non-hydrogen) atoms. The van der Waals surface area contributed by atoms with E-state index in [1.165, 1.54) is 30.3 Å². The number of sulfonamides is 1. The third-order valence-electron chi connectivity index (χ3n) is 3.83. The van der Waals surface area contributed by atoms with Gasteiger partial charge in [-0.05, 0) is 41.3 Å². The van der Waals surface area contributed by atoms with Gasteiger partial charge in [0, 0.05) is 5.69 Å². The summed E-state index contributed by atoms with van der Waals surface area (Å²) in [6, 6.07) is 10.3. The molecule has 2 amide bonds. The van der Waals surface area contributed by atoms with Gasteiger partial charge in [0.25, 0.3) is 10.0 Å². The van der Waals surface area contributed by atoms with E-state index in [9.17, 15) is 18.0 Å². The van der Waals surface area contributed by atoms with Gasteiger partial charge in [-0.2, -0.15) is 0 Å².